The molecule has 7 nitrogen and oxygen atoms in total. The maximum absolute atomic E-state index is 11.3. The number of morpholine rings is 1. The van der Waals surface area contributed by atoms with Crippen LogP contribution >= 0.6 is 0 Å². The number of anilines is 1. The maximum atomic E-state index is 11.3. The minimum atomic E-state index is -0.397. The quantitative estimate of drug-likeness (QED) is 0.652. The lowest BCUT2D eigenvalue weighted by atomic mass is 9.79. The Balaban J connectivity index is 1.81. The normalized spacial score (nSPS) is 20.6. The van der Waals surface area contributed by atoms with Gasteiger partial charge in [0, 0.05) is 31.2 Å². The lowest BCUT2D eigenvalue weighted by Crippen LogP contribution is -2.58. The summed E-state index contributed by atoms with van der Waals surface area (Å²) < 4.78 is 5.49. The molecule has 2 aliphatic rings. The third kappa shape index (κ3) is 3.91. The average Bonchev–Trinajstić information content (AvgIpc) is 2.67. The van der Waals surface area contributed by atoms with Crippen LogP contribution in [0, 0.1) is 21.4 Å². The van der Waals surface area contributed by atoms with Gasteiger partial charge in [-0.15, -0.1) is 0 Å². The van der Waals surface area contributed by atoms with Crippen LogP contribution in [0.5, 0.6) is 0 Å². The van der Waals surface area contributed by atoms with E-state index in [2.05, 4.69) is 16.3 Å². The van der Waals surface area contributed by atoms with Crippen molar-refractivity contribution >= 4 is 11.4 Å². The smallest absolute Gasteiger partial charge is 0.292 e. The third-order valence-corrected chi connectivity index (χ3v) is 5.40. The molecule has 0 aromatic heterocycles. The molecule has 1 saturated carbocycles. The Hall–Kier alpha value is -2.17. The molecule has 1 aliphatic heterocycles. The number of benzene rings is 1. The number of nitrogens with one attached hydrogen (secondary N) is 1. The number of ether oxygens (including phenoxy) is 1. The number of rotatable bonds is 5. The maximum Gasteiger partial charge on any atom is 0.292 e. The van der Waals surface area contributed by atoms with Crippen molar-refractivity contribution < 1.29 is 9.66 Å². The van der Waals surface area contributed by atoms with Crippen molar-refractivity contribution in [1.29, 1.82) is 5.26 Å². The van der Waals surface area contributed by atoms with Crippen molar-refractivity contribution in [2.75, 3.05) is 38.2 Å². The molecule has 25 heavy (non-hydrogen) atoms. The fraction of sp³-hybridized carbons (Fsp3) is 0.611. The van der Waals surface area contributed by atoms with Gasteiger partial charge in [0.15, 0.2) is 0 Å². The first-order valence-corrected chi connectivity index (χ1v) is 8.90. The van der Waals surface area contributed by atoms with Gasteiger partial charge in [-0.05, 0) is 25.0 Å². The average molecular weight is 344 g/mol. The number of nitro benzene ring substituents is 1. The molecular formula is C18H24N4O3. The third-order valence-electron chi connectivity index (χ3n) is 5.40. The summed E-state index contributed by atoms with van der Waals surface area (Å²) in [5.74, 6) is 0. The molecule has 3 rings (SSSR count). The molecule has 0 amide bonds. The second-order valence-corrected chi connectivity index (χ2v) is 6.84. The predicted molar refractivity (Wildman–Crippen MR) is 94.5 cm³/mol. The first kappa shape index (κ1) is 17.6. The first-order valence-electron chi connectivity index (χ1n) is 8.90. The van der Waals surface area contributed by atoms with Crippen LogP contribution in [0.2, 0.25) is 0 Å². The number of nitriles is 1. The SMILES string of the molecule is N#Cc1ccc([N+](=O)[O-])c(NCC2(N3CCOCC3)CCCCC2)c1. The molecule has 0 spiro atoms. The van der Waals surface area contributed by atoms with E-state index in [1.54, 1.807) is 6.07 Å². The Bertz CT molecular complexity index is 659. The monoisotopic (exact) mass is 344 g/mol. The molecule has 134 valence electrons. The molecule has 0 bridgehead atoms. The summed E-state index contributed by atoms with van der Waals surface area (Å²) in [6, 6.07) is 6.53. The zero-order chi connectivity index (χ0) is 17.7. The van der Waals surface area contributed by atoms with Gasteiger partial charge < -0.3 is 10.1 Å². The van der Waals surface area contributed by atoms with Crippen LogP contribution in [0.3, 0.4) is 0 Å². The molecule has 1 aromatic carbocycles. The second kappa shape index (κ2) is 7.81. The summed E-state index contributed by atoms with van der Waals surface area (Å²) in [6.07, 6.45) is 5.78. The van der Waals surface area contributed by atoms with E-state index in [1.165, 1.54) is 31.4 Å². The Labute approximate surface area is 147 Å². The van der Waals surface area contributed by atoms with Crippen molar-refractivity contribution in [1.82, 2.24) is 4.90 Å². The summed E-state index contributed by atoms with van der Waals surface area (Å²) in [5.41, 5.74) is 0.893. The highest BCUT2D eigenvalue weighted by Crippen LogP contribution is 2.35. The topological polar surface area (TPSA) is 91.4 Å². The van der Waals surface area contributed by atoms with Gasteiger partial charge in [0.1, 0.15) is 5.69 Å². The highest BCUT2D eigenvalue weighted by atomic mass is 16.6. The summed E-state index contributed by atoms with van der Waals surface area (Å²) in [7, 11) is 0. The molecule has 1 heterocycles. The van der Waals surface area contributed by atoms with E-state index in [1.807, 2.05) is 0 Å². The predicted octanol–water partition coefficient (Wildman–Crippen LogP) is 2.91. The van der Waals surface area contributed by atoms with Crippen LogP contribution in [0.4, 0.5) is 11.4 Å². The van der Waals surface area contributed by atoms with Gasteiger partial charge >= 0.3 is 0 Å². The van der Waals surface area contributed by atoms with Crippen molar-refractivity contribution in [2.45, 2.75) is 37.6 Å². The molecule has 2 fully saturated rings. The summed E-state index contributed by atoms with van der Waals surface area (Å²) in [4.78, 5) is 13.4. The lowest BCUT2D eigenvalue weighted by Gasteiger charge is -2.48. The fourth-order valence-electron chi connectivity index (χ4n) is 4.02. The van der Waals surface area contributed by atoms with Gasteiger partial charge in [-0.1, -0.05) is 19.3 Å². The van der Waals surface area contributed by atoms with Crippen LogP contribution in [0.1, 0.15) is 37.7 Å². The Morgan fingerprint density at radius 2 is 2.00 bits per heavy atom. The van der Waals surface area contributed by atoms with E-state index >= 15 is 0 Å². The minimum absolute atomic E-state index is 0.0124. The molecule has 1 saturated heterocycles. The van der Waals surface area contributed by atoms with Crippen LogP contribution < -0.4 is 5.32 Å². The zero-order valence-electron chi connectivity index (χ0n) is 14.4. The highest BCUT2D eigenvalue weighted by Gasteiger charge is 2.38. The van der Waals surface area contributed by atoms with E-state index < -0.39 is 4.92 Å². The molecule has 1 aliphatic carbocycles. The number of nitro groups is 1. The van der Waals surface area contributed by atoms with Crippen LogP contribution in [-0.4, -0.2) is 48.2 Å². The largest absolute Gasteiger partial charge is 0.379 e. The van der Waals surface area contributed by atoms with Crippen LogP contribution in [0.25, 0.3) is 0 Å². The van der Waals surface area contributed by atoms with E-state index in [4.69, 9.17) is 10.00 Å². The highest BCUT2D eigenvalue weighted by molar-refractivity contribution is 5.64. The van der Waals surface area contributed by atoms with Crippen LogP contribution in [-0.2, 0) is 4.74 Å². The standard InChI is InChI=1S/C18H24N4O3/c19-13-15-4-5-17(22(23)24)16(12-15)20-14-18(6-2-1-3-7-18)21-8-10-25-11-9-21/h4-5,12,20H,1-3,6-11,14H2. The van der Waals surface area contributed by atoms with Crippen molar-refractivity contribution in [2.24, 2.45) is 0 Å². The van der Waals surface area contributed by atoms with Gasteiger partial charge in [-0.2, -0.15) is 5.26 Å². The molecule has 1 aromatic rings. The van der Waals surface area contributed by atoms with Crippen molar-refractivity contribution in [3.05, 3.63) is 33.9 Å². The number of nitrogens with zero attached hydrogens (tertiary/aromatic N) is 3. The molecule has 7 heteroatoms. The molecule has 0 radical (unpaired) electrons. The van der Waals surface area contributed by atoms with E-state index in [9.17, 15) is 10.1 Å². The number of hydrogen-bond donors (Lipinski definition) is 1. The first-order chi connectivity index (χ1) is 12.1. The van der Waals surface area contributed by atoms with Crippen molar-refractivity contribution in [3.63, 3.8) is 0 Å². The van der Waals surface area contributed by atoms with Crippen LogP contribution in [0.15, 0.2) is 18.2 Å². The van der Waals surface area contributed by atoms with Gasteiger partial charge in [0.25, 0.3) is 5.69 Å². The molecule has 1 N–H and O–H groups in total. The van der Waals surface area contributed by atoms with E-state index in [-0.39, 0.29) is 11.2 Å². The Morgan fingerprint density at radius 3 is 2.64 bits per heavy atom. The second-order valence-electron chi connectivity index (χ2n) is 6.84. The van der Waals surface area contributed by atoms with Gasteiger partial charge in [-0.3, -0.25) is 15.0 Å². The summed E-state index contributed by atoms with van der Waals surface area (Å²) in [6.45, 7) is 3.95. The summed E-state index contributed by atoms with van der Waals surface area (Å²) >= 11 is 0. The Kier molecular flexibility index (Phi) is 5.51. The lowest BCUT2D eigenvalue weighted by molar-refractivity contribution is -0.384. The Morgan fingerprint density at radius 1 is 1.28 bits per heavy atom. The molecule has 0 unspecified atom stereocenters. The van der Waals surface area contributed by atoms with Crippen molar-refractivity contribution in [3.8, 4) is 6.07 Å². The molecular weight excluding hydrogens is 320 g/mol. The summed E-state index contributed by atoms with van der Waals surface area (Å²) in [5, 5.41) is 23.7. The van der Waals surface area contributed by atoms with E-state index in [0.717, 1.165) is 39.1 Å². The number of hydrogen-bond acceptors (Lipinski definition) is 6. The fourth-order valence-corrected chi connectivity index (χ4v) is 4.02. The zero-order valence-corrected chi connectivity index (χ0v) is 14.4. The van der Waals surface area contributed by atoms with Gasteiger partial charge in [0.05, 0.1) is 29.8 Å². The van der Waals surface area contributed by atoms with Gasteiger partial charge in [-0.25, -0.2) is 0 Å². The minimum Gasteiger partial charge on any atom is -0.379 e. The van der Waals surface area contributed by atoms with Gasteiger partial charge in [0.2, 0.25) is 0 Å². The van der Waals surface area contributed by atoms with E-state index in [0.29, 0.717) is 17.8 Å². The molecule has 0 atom stereocenters.